The first-order chi connectivity index (χ1) is 28.2. The molecule has 10 aromatic rings. The molecule has 0 unspecified atom stereocenters. The number of nitrogens with zero attached hydrogens (tertiary/aromatic N) is 8. The van der Waals surface area contributed by atoms with Gasteiger partial charge in [-0.25, -0.2) is 30.0 Å². The van der Waals surface area contributed by atoms with Gasteiger partial charge >= 0.3 is 0 Å². The summed E-state index contributed by atoms with van der Waals surface area (Å²) >= 11 is 0. The molecule has 0 amide bonds. The second-order valence-electron chi connectivity index (χ2n) is 14.9. The van der Waals surface area contributed by atoms with Crippen LogP contribution in [0, 0.1) is 0 Å². The Kier molecular flexibility index (Phi) is 5.34. The fraction of sp³-hybridized carbons (Fsp3) is 0. The largest absolute Gasteiger partial charge is 0.275 e. The van der Waals surface area contributed by atoms with E-state index in [1.165, 1.54) is 0 Å². The van der Waals surface area contributed by atoms with Crippen molar-refractivity contribution in [2.75, 3.05) is 0 Å². The van der Waals surface area contributed by atoms with E-state index in [4.69, 9.17) is 34.9 Å². The molecule has 9 nitrogen and oxygen atoms in total. The van der Waals surface area contributed by atoms with Gasteiger partial charge in [0.05, 0.1) is 0 Å². The van der Waals surface area contributed by atoms with Gasteiger partial charge in [0.25, 0.3) is 0 Å². The molecule has 4 aliphatic rings. The Balaban J connectivity index is 1.22. The topological polar surface area (TPSA) is 93.2 Å². The maximum absolute atomic E-state index is 7.20. The lowest BCUT2D eigenvalue weighted by molar-refractivity contribution is 0.0302. The van der Waals surface area contributed by atoms with E-state index in [2.05, 4.69) is 146 Å². The summed E-state index contributed by atoms with van der Waals surface area (Å²) in [6, 6.07) is 50.7. The maximum Gasteiger partial charge on any atom is 0.183 e. The first-order valence-corrected chi connectivity index (χ1v) is 18.9. The third-order valence-electron chi connectivity index (χ3n) is 11.7. The van der Waals surface area contributed by atoms with Gasteiger partial charge in [0.15, 0.2) is 46.0 Å². The third kappa shape index (κ3) is 3.96. The fourth-order valence-corrected chi connectivity index (χ4v) is 8.92. The minimum Gasteiger partial charge on any atom is -0.275 e. The number of fused-ring (bicyclic) bond motifs is 18. The Labute approximate surface area is 321 Å². The molecule has 14 rings (SSSR count). The monoisotopic (exact) mass is 728 g/mol. The molecule has 0 radical (unpaired) electrons. The summed E-state index contributed by atoms with van der Waals surface area (Å²) in [5, 5.41) is 12.1. The van der Waals surface area contributed by atoms with Gasteiger partial charge in [0.2, 0.25) is 0 Å². The van der Waals surface area contributed by atoms with E-state index in [1.807, 2.05) is 0 Å². The Morgan fingerprint density at radius 2 is 0.596 bits per heavy atom. The molecule has 0 N–H and O–H groups in total. The number of benzene rings is 8. The molecule has 4 aliphatic heterocycles. The first kappa shape index (κ1) is 29.3. The average Bonchev–Trinajstić information content (AvgIpc) is 3.93. The second kappa shape index (κ2) is 10.4. The summed E-state index contributed by atoms with van der Waals surface area (Å²) in [4.78, 5) is 39.2. The molecule has 0 aliphatic carbocycles. The minimum atomic E-state index is 0.552. The van der Waals surface area contributed by atoms with Crippen molar-refractivity contribution in [2.24, 2.45) is 30.0 Å². The molecule has 6 bridgehead atoms. The number of aromatic nitrogens is 2. The van der Waals surface area contributed by atoms with Gasteiger partial charge in [0.1, 0.15) is 0 Å². The average molecular weight is 729 g/mol. The van der Waals surface area contributed by atoms with Gasteiger partial charge in [-0.15, -0.1) is 9.46 Å². The number of aliphatic imine (C=N–C) groups is 4. The molecule has 262 valence electrons. The van der Waals surface area contributed by atoms with Crippen molar-refractivity contribution in [3.05, 3.63) is 179 Å². The smallest absolute Gasteiger partial charge is 0.183 e. The van der Waals surface area contributed by atoms with Gasteiger partial charge < -0.3 is 0 Å². The zero-order valence-corrected chi connectivity index (χ0v) is 29.8. The van der Waals surface area contributed by atoms with Crippen molar-refractivity contribution in [2.45, 2.75) is 0 Å². The Morgan fingerprint density at radius 1 is 0.298 bits per heavy atom. The molecule has 0 atom stereocenters. The van der Waals surface area contributed by atoms with Crippen LogP contribution in [0.1, 0.15) is 22.3 Å². The maximum atomic E-state index is 7.20. The van der Waals surface area contributed by atoms with E-state index in [9.17, 15) is 0 Å². The highest BCUT2D eigenvalue weighted by atomic mass is 16.8. The summed E-state index contributed by atoms with van der Waals surface area (Å²) in [5.41, 5.74) is 4.70. The third-order valence-corrected chi connectivity index (χ3v) is 11.7. The van der Waals surface area contributed by atoms with Crippen LogP contribution >= 0.6 is 0 Å². The van der Waals surface area contributed by atoms with E-state index >= 15 is 0 Å². The molecule has 0 fully saturated rings. The van der Waals surface area contributed by atoms with Crippen LogP contribution in [0.2, 0.25) is 0 Å². The van der Waals surface area contributed by atoms with Crippen LogP contribution in [0.15, 0.2) is 176 Å². The predicted octanol–water partition coefficient (Wildman–Crippen LogP) is 9.04. The van der Waals surface area contributed by atoms with Crippen LogP contribution < -0.4 is 15.9 Å². The van der Waals surface area contributed by atoms with Crippen LogP contribution in [0.3, 0.4) is 0 Å². The standard InChI is InChI=1S/C48H24N8O/c1-2-10-26-18-34-33(17-25(26)9-1)41-49-42(34)52-46-39-23-31-15-7-8-16-32(31)24-40(39)48-54-44-36-20-28-12-4-3-11-27(28)19-35(36)43(50-44)53-47-38-22-30-14-6-5-13-29(30)21-37(38)45(51-41)55(47)57-56(46)48/h1-24H. The molecule has 0 saturated heterocycles. The van der Waals surface area contributed by atoms with E-state index in [0.717, 1.165) is 86.9 Å². The fourth-order valence-electron chi connectivity index (χ4n) is 8.92. The minimum absolute atomic E-state index is 0.552. The normalized spacial score (nSPS) is 14.8. The number of hydrogen-bond acceptors (Lipinski definition) is 7. The van der Waals surface area contributed by atoms with Crippen molar-refractivity contribution in [3.63, 3.8) is 0 Å². The summed E-state index contributed by atoms with van der Waals surface area (Å²) in [6.45, 7) is 0. The quantitative estimate of drug-likeness (QED) is 0.153. The predicted molar refractivity (Wildman–Crippen MR) is 227 cm³/mol. The van der Waals surface area contributed by atoms with Crippen LogP contribution in [-0.4, -0.2) is 32.8 Å². The lowest BCUT2D eigenvalue weighted by Crippen LogP contribution is -2.37. The summed E-state index contributed by atoms with van der Waals surface area (Å²) < 4.78 is 3.44. The molecule has 0 spiro atoms. The SMILES string of the molecule is c1ccc2cc3c(cc2c1)C1=NC3=Nc2c3cc4ccccc4cc3c3n2On2c(c4cc5ccccc5cc4c2=NC2=NC(=N3)c3cc4ccccc4cc32)=N1. The molecule has 57 heavy (non-hydrogen) atoms. The number of amidine groups is 4. The Morgan fingerprint density at radius 3 is 0.947 bits per heavy atom. The zero-order chi connectivity index (χ0) is 36.9. The molecular weight excluding hydrogens is 705 g/mol. The highest BCUT2D eigenvalue weighted by Gasteiger charge is 2.31. The van der Waals surface area contributed by atoms with E-state index in [-0.39, 0.29) is 0 Å². The lowest BCUT2D eigenvalue weighted by Gasteiger charge is -2.12. The van der Waals surface area contributed by atoms with Gasteiger partial charge in [-0.05, 0) is 91.6 Å². The Bertz CT molecular complexity index is 3600. The zero-order valence-electron chi connectivity index (χ0n) is 29.8. The lowest BCUT2D eigenvalue weighted by atomic mass is 10.0. The van der Waals surface area contributed by atoms with Crippen molar-refractivity contribution >= 4 is 99.6 Å². The van der Waals surface area contributed by atoms with E-state index in [0.29, 0.717) is 46.0 Å². The number of hydrogen-bond donors (Lipinski definition) is 0. The van der Waals surface area contributed by atoms with Gasteiger partial charge in [-0.2, -0.15) is 0 Å². The van der Waals surface area contributed by atoms with Crippen LogP contribution in [-0.2, 0) is 0 Å². The summed E-state index contributed by atoms with van der Waals surface area (Å²) in [6.07, 6.45) is 0. The Hall–Kier alpha value is -8.04. The number of rotatable bonds is 0. The first-order valence-electron chi connectivity index (χ1n) is 18.9. The second-order valence-corrected chi connectivity index (χ2v) is 14.9. The van der Waals surface area contributed by atoms with Crippen molar-refractivity contribution in [1.82, 2.24) is 9.46 Å². The molecular formula is C48H24N8O. The van der Waals surface area contributed by atoms with Crippen LogP contribution in [0.5, 0.6) is 0 Å². The highest BCUT2D eigenvalue weighted by Crippen LogP contribution is 2.42. The highest BCUT2D eigenvalue weighted by molar-refractivity contribution is 6.27. The molecule has 8 aromatic carbocycles. The molecule has 9 heteroatoms. The van der Waals surface area contributed by atoms with E-state index < -0.39 is 0 Å². The van der Waals surface area contributed by atoms with Gasteiger partial charge in [-0.3, -0.25) is 4.94 Å². The molecule has 0 saturated carbocycles. The summed E-state index contributed by atoms with van der Waals surface area (Å²) in [5.74, 6) is 3.31. The molecule has 2 aromatic heterocycles. The van der Waals surface area contributed by atoms with Crippen LogP contribution in [0.4, 0.5) is 11.6 Å². The van der Waals surface area contributed by atoms with E-state index in [1.54, 1.807) is 9.46 Å². The van der Waals surface area contributed by atoms with Gasteiger partial charge in [-0.1, -0.05) is 97.1 Å². The van der Waals surface area contributed by atoms with Crippen molar-refractivity contribution < 1.29 is 4.94 Å². The summed E-state index contributed by atoms with van der Waals surface area (Å²) in [7, 11) is 0. The van der Waals surface area contributed by atoms with Crippen molar-refractivity contribution in [3.8, 4) is 0 Å². The van der Waals surface area contributed by atoms with Crippen molar-refractivity contribution in [1.29, 1.82) is 0 Å². The van der Waals surface area contributed by atoms with Gasteiger partial charge in [0, 0.05) is 43.8 Å². The van der Waals surface area contributed by atoms with Crippen LogP contribution in [0.25, 0.3) is 64.6 Å². The molecule has 6 heterocycles.